The molecule has 2 aliphatic heterocycles. The van der Waals surface area contributed by atoms with Crippen LogP contribution >= 0.6 is 23.1 Å². The Kier molecular flexibility index (Phi) is 3.75. The fourth-order valence-corrected chi connectivity index (χ4v) is 5.10. The van der Waals surface area contributed by atoms with E-state index in [1.165, 1.54) is 17.8 Å². The van der Waals surface area contributed by atoms with Crippen LogP contribution in [0.25, 0.3) is 10.2 Å². The minimum absolute atomic E-state index is 0.286. The van der Waals surface area contributed by atoms with Crippen molar-refractivity contribution in [3.05, 3.63) is 23.8 Å². The van der Waals surface area contributed by atoms with E-state index in [2.05, 4.69) is 32.1 Å². The molecule has 1 atom stereocenters. The molecule has 6 nitrogen and oxygen atoms in total. The van der Waals surface area contributed by atoms with Gasteiger partial charge in [0.15, 0.2) is 11.0 Å². The van der Waals surface area contributed by atoms with Crippen molar-refractivity contribution in [3.8, 4) is 0 Å². The second-order valence-corrected chi connectivity index (χ2v) is 8.63. The fourth-order valence-electron chi connectivity index (χ4n) is 3.11. The van der Waals surface area contributed by atoms with Crippen molar-refractivity contribution in [3.63, 3.8) is 0 Å². The molecule has 3 aromatic rings. The van der Waals surface area contributed by atoms with Crippen molar-refractivity contribution in [1.82, 2.24) is 19.9 Å². The molecule has 4 heterocycles. The van der Waals surface area contributed by atoms with Gasteiger partial charge in [-0.3, -0.25) is 0 Å². The highest BCUT2D eigenvalue weighted by Gasteiger charge is 2.34. The van der Waals surface area contributed by atoms with Crippen molar-refractivity contribution in [1.29, 1.82) is 0 Å². The zero-order valence-electron chi connectivity index (χ0n) is 14.4. The molecule has 0 bridgehead atoms. The van der Waals surface area contributed by atoms with Gasteiger partial charge < -0.3 is 4.90 Å². The lowest BCUT2D eigenvalue weighted by Crippen LogP contribution is -2.11. The first kappa shape index (κ1) is 16.2. The maximum Gasteiger partial charge on any atom is 0.216 e. The zero-order valence-corrected chi connectivity index (χ0v) is 16.1. The van der Waals surface area contributed by atoms with Gasteiger partial charge in [0.25, 0.3) is 0 Å². The Morgan fingerprint density at radius 1 is 1.31 bits per heavy atom. The number of aromatic nitrogens is 4. The van der Waals surface area contributed by atoms with Crippen LogP contribution in [-0.2, 0) is 6.42 Å². The summed E-state index contributed by atoms with van der Waals surface area (Å²) in [4.78, 5) is 7.38. The van der Waals surface area contributed by atoms with E-state index in [1.54, 1.807) is 16.0 Å². The molecule has 2 aliphatic rings. The van der Waals surface area contributed by atoms with E-state index in [0.29, 0.717) is 21.6 Å². The van der Waals surface area contributed by atoms with E-state index < -0.39 is 0 Å². The Bertz CT molecular complexity index is 1040. The Hall–Kier alpha value is -2.00. The Labute approximate surface area is 158 Å². The number of halogens is 1. The van der Waals surface area contributed by atoms with Crippen molar-refractivity contribution < 1.29 is 4.39 Å². The molecule has 1 fully saturated rings. The van der Waals surface area contributed by atoms with Gasteiger partial charge in [0.05, 0.1) is 15.1 Å². The standard InChI is InChI=1S/C17H17FN6S2/c1-3-10-8-23(10)16-19-12-6-11(18)13(7-14(12)26-16)25-17-21-20-15-5-4-9(2)22-24(15)17/h6-7,10H,3-5,8H2,1-2H3. The van der Waals surface area contributed by atoms with Gasteiger partial charge in [0.1, 0.15) is 5.82 Å². The van der Waals surface area contributed by atoms with Crippen molar-refractivity contribution in [2.75, 3.05) is 11.4 Å². The van der Waals surface area contributed by atoms with E-state index in [4.69, 9.17) is 0 Å². The summed E-state index contributed by atoms with van der Waals surface area (Å²) in [6.07, 6.45) is 2.82. The quantitative estimate of drug-likeness (QED) is 0.634. The summed E-state index contributed by atoms with van der Waals surface area (Å²) in [6, 6.07) is 3.96. The zero-order chi connectivity index (χ0) is 17.8. The highest BCUT2D eigenvalue weighted by molar-refractivity contribution is 7.99. The first-order valence-corrected chi connectivity index (χ1v) is 10.3. The summed E-state index contributed by atoms with van der Waals surface area (Å²) in [5.74, 6) is 0.540. The third-order valence-corrected chi connectivity index (χ3v) is 6.75. The number of aryl methyl sites for hydroxylation is 1. The highest BCUT2D eigenvalue weighted by Crippen LogP contribution is 2.39. The number of thiazole rings is 1. The van der Waals surface area contributed by atoms with Crippen molar-refractivity contribution in [2.24, 2.45) is 5.10 Å². The van der Waals surface area contributed by atoms with Crippen LogP contribution in [-0.4, -0.2) is 38.2 Å². The van der Waals surface area contributed by atoms with Crippen molar-refractivity contribution >= 4 is 44.2 Å². The van der Waals surface area contributed by atoms with Crippen LogP contribution in [0, 0.1) is 5.82 Å². The topological polar surface area (TPSA) is 59.0 Å². The number of hydrogen-bond acceptors (Lipinski definition) is 7. The lowest BCUT2D eigenvalue weighted by molar-refractivity contribution is 0.603. The van der Waals surface area contributed by atoms with Crippen LogP contribution < -0.4 is 4.90 Å². The largest absolute Gasteiger partial charge is 0.341 e. The van der Waals surface area contributed by atoms with E-state index in [0.717, 1.165) is 47.2 Å². The molecule has 0 N–H and O–H groups in total. The summed E-state index contributed by atoms with van der Waals surface area (Å²) in [7, 11) is 0. The molecule has 9 heteroatoms. The summed E-state index contributed by atoms with van der Waals surface area (Å²) in [6.45, 7) is 5.21. The minimum atomic E-state index is -0.286. The summed E-state index contributed by atoms with van der Waals surface area (Å²) < 4.78 is 17.3. The van der Waals surface area contributed by atoms with E-state index >= 15 is 0 Å². The summed E-state index contributed by atoms with van der Waals surface area (Å²) >= 11 is 2.88. The van der Waals surface area contributed by atoms with E-state index in [9.17, 15) is 4.39 Å². The molecular formula is C17H17FN6S2. The molecule has 0 amide bonds. The molecule has 2 aromatic heterocycles. The molecule has 134 valence electrons. The van der Waals surface area contributed by atoms with Crippen molar-refractivity contribution in [2.45, 2.75) is 49.2 Å². The van der Waals surface area contributed by atoms with Crippen LogP contribution in [0.2, 0.25) is 0 Å². The second-order valence-electron chi connectivity index (χ2n) is 6.61. The first-order chi connectivity index (χ1) is 12.6. The third-order valence-electron chi connectivity index (χ3n) is 4.72. The lowest BCUT2D eigenvalue weighted by atomic mass is 10.2. The van der Waals surface area contributed by atoms with Crippen LogP contribution in [0.15, 0.2) is 27.3 Å². The average molecular weight is 388 g/mol. The Morgan fingerprint density at radius 3 is 3.00 bits per heavy atom. The van der Waals surface area contributed by atoms with Crippen LogP contribution in [0.4, 0.5) is 9.52 Å². The van der Waals surface area contributed by atoms with Gasteiger partial charge in [-0.05, 0) is 37.6 Å². The fraction of sp³-hybridized carbons (Fsp3) is 0.412. The van der Waals surface area contributed by atoms with E-state index in [-0.39, 0.29) is 5.82 Å². The molecule has 26 heavy (non-hydrogen) atoms. The molecule has 1 aromatic carbocycles. The molecule has 0 radical (unpaired) electrons. The Morgan fingerprint density at radius 2 is 2.19 bits per heavy atom. The molecule has 5 rings (SSSR count). The number of fused-ring (bicyclic) bond motifs is 2. The SMILES string of the molecule is CCC1CN1c1nc2cc(F)c(Sc3nnc4n3N=C(C)CC4)cc2s1. The third kappa shape index (κ3) is 2.69. The van der Waals surface area contributed by atoms with Crippen LogP contribution in [0.5, 0.6) is 0 Å². The monoisotopic (exact) mass is 388 g/mol. The molecular weight excluding hydrogens is 371 g/mol. The maximum atomic E-state index is 14.6. The second kappa shape index (κ2) is 6.02. The molecule has 1 unspecified atom stereocenters. The van der Waals surface area contributed by atoms with Gasteiger partial charge in [0.2, 0.25) is 5.16 Å². The van der Waals surface area contributed by atoms with Crippen LogP contribution in [0.3, 0.4) is 0 Å². The average Bonchev–Trinajstić information content (AvgIpc) is 3.16. The summed E-state index contributed by atoms with van der Waals surface area (Å²) in [5.41, 5.74) is 1.75. The van der Waals surface area contributed by atoms with E-state index in [1.807, 2.05) is 13.0 Å². The number of hydrogen-bond donors (Lipinski definition) is 0. The van der Waals surface area contributed by atoms with Crippen LogP contribution in [0.1, 0.15) is 32.5 Å². The molecule has 0 spiro atoms. The lowest BCUT2D eigenvalue weighted by Gasteiger charge is -2.10. The summed E-state index contributed by atoms with van der Waals surface area (Å²) in [5, 5.41) is 14.4. The van der Waals surface area contributed by atoms with Gasteiger partial charge in [-0.2, -0.15) is 9.78 Å². The van der Waals surface area contributed by atoms with Gasteiger partial charge >= 0.3 is 0 Å². The number of anilines is 1. The van der Waals surface area contributed by atoms with Gasteiger partial charge in [-0.25, -0.2) is 9.37 Å². The minimum Gasteiger partial charge on any atom is -0.341 e. The normalized spacial score (nSPS) is 19.0. The maximum absolute atomic E-state index is 14.6. The number of nitrogens with zero attached hydrogens (tertiary/aromatic N) is 6. The van der Waals surface area contributed by atoms with Gasteiger partial charge in [0, 0.05) is 30.8 Å². The highest BCUT2D eigenvalue weighted by atomic mass is 32.2. The molecule has 0 aliphatic carbocycles. The molecule has 0 saturated carbocycles. The van der Waals surface area contributed by atoms with Gasteiger partial charge in [-0.1, -0.05) is 18.3 Å². The smallest absolute Gasteiger partial charge is 0.216 e. The first-order valence-electron chi connectivity index (χ1n) is 8.65. The number of benzene rings is 1. The number of rotatable bonds is 4. The predicted octanol–water partition coefficient (Wildman–Crippen LogP) is 3.95. The van der Waals surface area contributed by atoms with Gasteiger partial charge in [-0.15, -0.1) is 10.2 Å². The Balaban J connectivity index is 1.48. The molecule has 1 saturated heterocycles. The predicted molar refractivity (Wildman–Crippen MR) is 102 cm³/mol.